The van der Waals surface area contributed by atoms with Crippen LogP contribution in [0.25, 0.3) is 10.8 Å². The molecular weight excluding hydrogens is 278 g/mol. The Bertz CT molecular complexity index is 710. The van der Waals surface area contributed by atoms with Crippen LogP contribution >= 0.6 is 0 Å². The molecule has 0 unspecified atom stereocenters. The van der Waals surface area contributed by atoms with E-state index in [2.05, 4.69) is 24.3 Å². The summed E-state index contributed by atoms with van der Waals surface area (Å²) in [6, 6.07) is 13.7. The number of likely N-dealkylation sites (tertiary alicyclic amines) is 1. The molecule has 2 aromatic carbocycles. The lowest BCUT2D eigenvalue weighted by atomic mass is 10.0. The summed E-state index contributed by atoms with van der Waals surface area (Å²) in [5.41, 5.74) is 1.11. The molecular formula is C18H19NO3. The van der Waals surface area contributed by atoms with E-state index in [1.807, 2.05) is 18.2 Å². The van der Waals surface area contributed by atoms with Crippen LogP contribution in [0.5, 0.6) is 0 Å². The first-order chi connectivity index (χ1) is 10.6. The predicted octanol–water partition coefficient (Wildman–Crippen LogP) is 2.85. The van der Waals surface area contributed by atoms with E-state index in [0.717, 1.165) is 17.4 Å². The van der Waals surface area contributed by atoms with Crippen LogP contribution in [0.1, 0.15) is 24.8 Å². The molecule has 4 heteroatoms. The van der Waals surface area contributed by atoms with Gasteiger partial charge >= 0.3 is 5.97 Å². The maximum absolute atomic E-state index is 12.3. The third kappa shape index (κ3) is 2.96. The van der Waals surface area contributed by atoms with Crippen molar-refractivity contribution in [3.05, 3.63) is 48.0 Å². The van der Waals surface area contributed by atoms with Gasteiger partial charge in [0.1, 0.15) is 6.04 Å². The first-order valence-corrected chi connectivity index (χ1v) is 7.65. The minimum atomic E-state index is -0.892. The number of amides is 1. The molecule has 1 heterocycles. The first kappa shape index (κ1) is 14.6. The van der Waals surface area contributed by atoms with Gasteiger partial charge in [0.15, 0.2) is 0 Å². The van der Waals surface area contributed by atoms with Crippen molar-refractivity contribution in [2.45, 2.75) is 31.7 Å². The van der Waals surface area contributed by atoms with Crippen molar-refractivity contribution in [2.24, 2.45) is 0 Å². The van der Waals surface area contributed by atoms with Gasteiger partial charge < -0.3 is 10.0 Å². The second kappa shape index (κ2) is 6.18. The zero-order valence-electron chi connectivity index (χ0n) is 12.4. The highest BCUT2D eigenvalue weighted by molar-refractivity contribution is 5.85. The highest BCUT2D eigenvalue weighted by Gasteiger charge is 2.33. The van der Waals surface area contributed by atoms with E-state index in [4.69, 9.17) is 5.11 Å². The van der Waals surface area contributed by atoms with E-state index in [1.165, 1.54) is 10.3 Å². The SMILES string of the molecule is O=C(O)[C@H]1CCCN1C(=O)CCc1ccc2ccccc2c1. The zero-order valence-corrected chi connectivity index (χ0v) is 12.4. The highest BCUT2D eigenvalue weighted by atomic mass is 16.4. The van der Waals surface area contributed by atoms with Gasteiger partial charge in [0, 0.05) is 13.0 Å². The van der Waals surface area contributed by atoms with Gasteiger partial charge in [-0.05, 0) is 35.6 Å². The van der Waals surface area contributed by atoms with Crippen molar-refractivity contribution in [2.75, 3.05) is 6.54 Å². The van der Waals surface area contributed by atoms with Crippen LogP contribution in [0.4, 0.5) is 0 Å². The van der Waals surface area contributed by atoms with Gasteiger partial charge in [-0.15, -0.1) is 0 Å². The summed E-state index contributed by atoms with van der Waals surface area (Å²) < 4.78 is 0. The summed E-state index contributed by atoms with van der Waals surface area (Å²) in [7, 11) is 0. The van der Waals surface area contributed by atoms with Crippen LogP contribution in [0.3, 0.4) is 0 Å². The van der Waals surface area contributed by atoms with Crippen molar-refractivity contribution in [3.63, 3.8) is 0 Å². The lowest BCUT2D eigenvalue weighted by Gasteiger charge is -2.21. The lowest BCUT2D eigenvalue weighted by Crippen LogP contribution is -2.40. The number of hydrogen-bond donors (Lipinski definition) is 1. The Labute approximate surface area is 129 Å². The Kier molecular flexibility index (Phi) is 4.09. The molecule has 1 aliphatic heterocycles. The fraction of sp³-hybridized carbons (Fsp3) is 0.333. The summed E-state index contributed by atoms with van der Waals surface area (Å²) in [6.07, 6.45) is 2.35. The van der Waals surface area contributed by atoms with Crippen LogP contribution < -0.4 is 0 Å². The second-order valence-electron chi connectivity index (χ2n) is 5.76. The molecule has 1 aliphatic rings. The number of rotatable bonds is 4. The summed E-state index contributed by atoms with van der Waals surface area (Å²) in [6.45, 7) is 0.563. The van der Waals surface area contributed by atoms with Crippen LogP contribution in [0, 0.1) is 0 Å². The van der Waals surface area contributed by atoms with Crippen molar-refractivity contribution >= 4 is 22.6 Å². The number of aryl methyl sites for hydroxylation is 1. The molecule has 1 amide bonds. The van der Waals surface area contributed by atoms with Gasteiger partial charge in [-0.3, -0.25) is 4.79 Å². The molecule has 114 valence electrons. The summed E-state index contributed by atoms with van der Waals surface area (Å²) >= 11 is 0. The van der Waals surface area contributed by atoms with Crippen molar-refractivity contribution in [1.29, 1.82) is 0 Å². The normalized spacial score (nSPS) is 17.8. The summed E-state index contributed by atoms with van der Waals surface area (Å²) in [5.74, 6) is -0.949. The second-order valence-corrected chi connectivity index (χ2v) is 5.76. The van der Waals surface area contributed by atoms with Gasteiger partial charge in [-0.1, -0.05) is 42.5 Å². The minimum absolute atomic E-state index is 0.0574. The first-order valence-electron chi connectivity index (χ1n) is 7.65. The molecule has 4 nitrogen and oxygen atoms in total. The largest absolute Gasteiger partial charge is 0.480 e. The van der Waals surface area contributed by atoms with Crippen LogP contribution in [0.2, 0.25) is 0 Å². The monoisotopic (exact) mass is 297 g/mol. The molecule has 0 aliphatic carbocycles. The van der Waals surface area contributed by atoms with Gasteiger partial charge in [-0.2, -0.15) is 0 Å². The third-order valence-corrected chi connectivity index (χ3v) is 4.30. The van der Waals surface area contributed by atoms with E-state index >= 15 is 0 Å². The molecule has 0 radical (unpaired) electrons. The number of nitrogens with zero attached hydrogens (tertiary/aromatic N) is 1. The van der Waals surface area contributed by atoms with Gasteiger partial charge in [-0.25, -0.2) is 4.79 Å². The van der Waals surface area contributed by atoms with Crippen molar-refractivity contribution < 1.29 is 14.7 Å². The van der Waals surface area contributed by atoms with E-state index < -0.39 is 12.0 Å². The van der Waals surface area contributed by atoms with Crippen LogP contribution in [0.15, 0.2) is 42.5 Å². The highest BCUT2D eigenvalue weighted by Crippen LogP contribution is 2.20. The Morgan fingerprint density at radius 3 is 2.68 bits per heavy atom. The molecule has 3 rings (SSSR count). The average Bonchev–Trinajstić information content (AvgIpc) is 3.02. The number of benzene rings is 2. The van der Waals surface area contributed by atoms with Gasteiger partial charge in [0.2, 0.25) is 5.91 Å². The van der Waals surface area contributed by atoms with E-state index in [-0.39, 0.29) is 5.91 Å². The summed E-state index contributed by atoms with van der Waals surface area (Å²) in [5, 5.41) is 11.5. The maximum Gasteiger partial charge on any atom is 0.326 e. The molecule has 1 fully saturated rings. The van der Waals surface area contributed by atoms with Crippen LogP contribution in [-0.4, -0.2) is 34.5 Å². The Balaban J connectivity index is 1.66. The molecule has 1 N–H and O–H groups in total. The number of carboxylic acids is 1. The quantitative estimate of drug-likeness (QED) is 0.944. The number of fused-ring (bicyclic) bond motifs is 1. The Morgan fingerprint density at radius 1 is 1.14 bits per heavy atom. The number of aliphatic carboxylic acids is 1. The van der Waals surface area contributed by atoms with Crippen molar-refractivity contribution in [1.82, 2.24) is 4.90 Å². The van der Waals surface area contributed by atoms with E-state index in [9.17, 15) is 9.59 Å². The van der Waals surface area contributed by atoms with E-state index in [0.29, 0.717) is 25.8 Å². The fourth-order valence-corrected chi connectivity index (χ4v) is 3.11. The molecule has 0 aromatic heterocycles. The van der Waals surface area contributed by atoms with Gasteiger partial charge in [0.25, 0.3) is 0 Å². The average molecular weight is 297 g/mol. The third-order valence-electron chi connectivity index (χ3n) is 4.30. The predicted molar refractivity (Wildman–Crippen MR) is 84.6 cm³/mol. The number of carboxylic acid groups (broad SMARTS) is 1. The Morgan fingerprint density at radius 2 is 1.91 bits per heavy atom. The molecule has 1 saturated heterocycles. The Hall–Kier alpha value is -2.36. The van der Waals surface area contributed by atoms with Crippen molar-refractivity contribution in [3.8, 4) is 0 Å². The minimum Gasteiger partial charge on any atom is -0.480 e. The van der Waals surface area contributed by atoms with E-state index in [1.54, 1.807) is 0 Å². The molecule has 0 saturated carbocycles. The number of carbonyl (C=O) groups excluding carboxylic acids is 1. The standard InChI is InChI=1S/C18H19NO3/c20-17(19-11-3-6-16(19)18(21)22)10-8-13-7-9-14-4-1-2-5-15(14)12-13/h1-2,4-5,7,9,12,16H,3,6,8,10-11H2,(H,21,22)/t16-/m1/s1. The molecule has 2 aromatic rings. The molecule has 0 spiro atoms. The maximum atomic E-state index is 12.3. The van der Waals surface area contributed by atoms with Crippen LogP contribution in [-0.2, 0) is 16.0 Å². The molecule has 0 bridgehead atoms. The molecule has 22 heavy (non-hydrogen) atoms. The lowest BCUT2D eigenvalue weighted by molar-refractivity contribution is -0.148. The topological polar surface area (TPSA) is 57.6 Å². The zero-order chi connectivity index (χ0) is 15.5. The number of hydrogen-bond acceptors (Lipinski definition) is 2. The van der Waals surface area contributed by atoms with Gasteiger partial charge in [0.05, 0.1) is 0 Å². The molecule has 1 atom stereocenters. The smallest absolute Gasteiger partial charge is 0.326 e. The fourth-order valence-electron chi connectivity index (χ4n) is 3.11. The summed E-state index contributed by atoms with van der Waals surface area (Å²) in [4.78, 5) is 24.9. The number of carbonyl (C=O) groups is 2.